The van der Waals surface area contributed by atoms with Crippen LogP contribution in [0.4, 0.5) is 0 Å². The van der Waals surface area contributed by atoms with Gasteiger partial charge < -0.3 is 0 Å². The fourth-order valence-corrected chi connectivity index (χ4v) is 3.62. The first kappa shape index (κ1) is 17.2. The van der Waals surface area contributed by atoms with Crippen LogP contribution in [0.25, 0.3) is 33.9 Å². The number of hydrogen-bond donors (Lipinski definition) is 0. The zero-order chi connectivity index (χ0) is 19.6. The fraction of sp³-hybridized carbons (Fsp3) is 0.0400. The van der Waals surface area contributed by atoms with E-state index in [1.54, 1.807) is 0 Å². The molecule has 0 fully saturated rings. The van der Waals surface area contributed by atoms with Crippen LogP contribution in [0, 0.1) is 6.92 Å². The molecule has 29 heavy (non-hydrogen) atoms. The van der Waals surface area contributed by atoms with Crippen molar-refractivity contribution >= 4 is 0 Å². The van der Waals surface area contributed by atoms with Gasteiger partial charge in [-0.25, -0.2) is 9.36 Å². The zero-order valence-electron chi connectivity index (χ0n) is 16.1. The van der Waals surface area contributed by atoms with Gasteiger partial charge in [-0.1, -0.05) is 78.9 Å². The Labute approximate surface area is 169 Å². The Bertz CT molecular complexity index is 1240. The van der Waals surface area contributed by atoms with Crippen LogP contribution < -0.4 is 0 Å². The number of benzene rings is 3. The van der Waals surface area contributed by atoms with Gasteiger partial charge in [0.1, 0.15) is 17.1 Å². The van der Waals surface area contributed by atoms with Crippen LogP contribution in [0.15, 0.2) is 103 Å². The van der Waals surface area contributed by atoms with Crippen LogP contribution in [0.5, 0.6) is 0 Å². The number of aromatic nitrogens is 4. The lowest BCUT2D eigenvalue weighted by molar-refractivity contribution is 0.848. The van der Waals surface area contributed by atoms with E-state index in [4.69, 9.17) is 5.10 Å². The van der Waals surface area contributed by atoms with Crippen LogP contribution in [-0.4, -0.2) is 19.6 Å². The lowest BCUT2D eigenvalue weighted by Gasteiger charge is -2.11. The maximum absolute atomic E-state index is 5.08. The molecule has 0 saturated heterocycles. The van der Waals surface area contributed by atoms with E-state index in [1.165, 1.54) is 0 Å². The average Bonchev–Trinajstić information content (AvgIpc) is 3.39. The average molecular weight is 376 g/mol. The monoisotopic (exact) mass is 376 g/mol. The smallest absolute Gasteiger partial charge is 0.119 e. The Morgan fingerprint density at radius 1 is 0.621 bits per heavy atom. The van der Waals surface area contributed by atoms with E-state index in [2.05, 4.69) is 60.6 Å². The molecule has 0 amide bonds. The first-order valence-corrected chi connectivity index (χ1v) is 9.63. The summed E-state index contributed by atoms with van der Waals surface area (Å²) in [7, 11) is 0. The lowest BCUT2D eigenvalue weighted by atomic mass is 10.1. The number of rotatable bonds is 4. The summed E-state index contributed by atoms with van der Waals surface area (Å²) < 4.78 is 4.01. The van der Waals surface area contributed by atoms with E-state index in [0.29, 0.717) is 0 Å². The van der Waals surface area contributed by atoms with Crippen molar-refractivity contribution < 1.29 is 0 Å². The molecular weight excluding hydrogens is 356 g/mol. The van der Waals surface area contributed by atoms with Gasteiger partial charge in [-0.15, -0.1) is 0 Å². The van der Waals surface area contributed by atoms with E-state index < -0.39 is 0 Å². The van der Waals surface area contributed by atoms with Gasteiger partial charge in [0.25, 0.3) is 0 Å². The molecular formula is C25H20N4. The summed E-state index contributed by atoms with van der Waals surface area (Å²) in [6.45, 7) is 2.07. The van der Waals surface area contributed by atoms with Gasteiger partial charge >= 0.3 is 0 Å². The van der Waals surface area contributed by atoms with Gasteiger partial charge in [-0.05, 0) is 25.1 Å². The standard InChI is InChI=1S/C25H20N4/c1-19-17-18-26-28(19)25-23(20-11-5-2-6-12-20)27-29(22-15-9-4-10-16-22)24(25)21-13-7-3-8-14-21/h2-18H,1H3. The quantitative estimate of drug-likeness (QED) is 0.403. The van der Waals surface area contributed by atoms with E-state index in [1.807, 2.05) is 64.1 Å². The normalized spacial score (nSPS) is 10.9. The van der Waals surface area contributed by atoms with Crippen molar-refractivity contribution in [2.75, 3.05) is 0 Å². The number of hydrogen-bond acceptors (Lipinski definition) is 2. The summed E-state index contributed by atoms with van der Waals surface area (Å²) in [6, 6.07) is 32.9. The second-order valence-electron chi connectivity index (χ2n) is 6.91. The molecule has 140 valence electrons. The molecule has 2 heterocycles. The van der Waals surface area contributed by atoms with Gasteiger partial charge in [0.2, 0.25) is 0 Å². The molecule has 5 rings (SSSR count). The topological polar surface area (TPSA) is 35.6 Å². The summed E-state index contributed by atoms with van der Waals surface area (Å²) in [6.07, 6.45) is 1.83. The Morgan fingerprint density at radius 2 is 1.21 bits per heavy atom. The number of para-hydroxylation sites is 1. The minimum atomic E-state index is 0.903. The minimum absolute atomic E-state index is 0.903. The largest absolute Gasteiger partial charge is 0.234 e. The molecule has 2 aromatic heterocycles. The molecule has 3 aromatic carbocycles. The molecule has 0 aliphatic rings. The molecule has 0 bridgehead atoms. The third kappa shape index (κ3) is 3.05. The van der Waals surface area contributed by atoms with Crippen molar-refractivity contribution in [3.05, 3.63) is 109 Å². The molecule has 0 saturated carbocycles. The van der Waals surface area contributed by atoms with Gasteiger partial charge in [-0.2, -0.15) is 10.2 Å². The molecule has 0 spiro atoms. The third-order valence-electron chi connectivity index (χ3n) is 5.00. The van der Waals surface area contributed by atoms with Crippen LogP contribution in [0.3, 0.4) is 0 Å². The fourth-order valence-electron chi connectivity index (χ4n) is 3.62. The van der Waals surface area contributed by atoms with Crippen molar-refractivity contribution in [3.63, 3.8) is 0 Å². The molecule has 0 unspecified atom stereocenters. The summed E-state index contributed by atoms with van der Waals surface area (Å²) in [4.78, 5) is 0. The van der Waals surface area contributed by atoms with Crippen molar-refractivity contribution in [2.45, 2.75) is 6.92 Å². The highest BCUT2D eigenvalue weighted by molar-refractivity contribution is 5.82. The lowest BCUT2D eigenvalue weighted by Crippen LogP contribution is -2.03. The first-order valence-electron chi connectivity index (χ1n) is 9.63. The van der Waals surface area contributed by atoms with E-state index in [9.17, 15) is 0 Å². The highest BCUT2D eigenvalue weighted by Crippen LogP contribution is 2.37. The maximum Gasteiger partial charge on any atom is 0.119 e. The van der Waals surface area contributed by atoms with Crippen LogP contribution >= 0.6 is 0 Å². The molecule has 0 aliphatic carbocycles. The van der Waals surface area contributed by atoms with Crippen LogP contribution in [-0.2, 0) is 0 Å². The Balaban J connectivity index is 1.90. The summed E-state index contributed by atoms with van der Waals surface area (Å²) in [5, 5.41) is 9.71. The zero-order valence-corrected chi connectivity index (χ0v) is 16.1. The minimum Gasteiger partial charge on any atom is -0.234 e. The highest BCUT2D eigenvalue weighted by atomic mass is 15.4. The van der Waals surface area contributed by atoms with Gasteiger partial charge in [-0.3, -0.25) is 0 Å². The number of aryl methyl sites for hydroxylation is 1. The second-order valence-corrected chi connectivity index (χ2v) is 6.91. The SMILES string of the molecule is Cc1ccnn1-c1c(-c2ccccc2)nn(-c2ccccc2)c1-c1ccccc1. The molecule has 4 nitrogen and oxygen atoms in total. The van der Waals surface area contributed by atoms with Gasteiger partial charge in [0, 0.05) is 23.0 Å². The van der Waals surface area contributed by atoms with Crippen molar-refractivity contribution in [2.24, 2.45) is 0 Å². The maximum atomic E-state index is 5.08. The van der Waals surface area contributed by atoms with Crippen LogP contribution in [0.2, 0.25) is 0 Å². The number of nitrogens with zero attached hydrogens (tertiary/aromatic N) is 4. The first-order chi connectivity index (χ1) is 14.3. The predicted octanol–water partition coefficient (Wildman–Crippen LogP) is 5.70. The predicted molar refractivity (Wildman–Crippen MR) is 116 cm³/mol. The molecule has 0 N–H and O–H groups in total. The Kier molecular flexibility index (Phi) is 4.30. The van der Waals surface area contributed by atoms with E-state index in [0.717, 1.165) is 39.6 Å². The molecule has 0 radical (unpaired) electrons. The van der Waals surface area contributed by atoms with E-state index >= 15 is 0 Å². The molecule has 5 aromatic rings. The Morgan fingerprint density at radius 3 is 1.79 bits per heavy atom. The summed E-state index contributed by atoms with van der Waals surface area (Å²) >= 11 is 0. The molecule has 4 heteroatoms. The van der Waals surface area contributed by atoms with Gasteiger partial charge in [0.15, 0.2) is 0 Å². The van der Waals surface area contributed by atoms with Gasteiger partial charge in [0.05, 0.1) is 5.69 Å². The van der Waals surface area contributed by atoms with E-state index in [-0.39, 0.29) is 0 Å². The molecule has 0 aliphatic heterocycles. The molecule has 0 atom stereocenters. The van der Waals surface area contributed by atoms with Crippen molar-refractivity contribution in [3.8, 4) is 33.9 Å². The second kappa shape index (κ2) is 7.24. The Hall–Kier alpha value is -3.92. The van der Waals surface area contributed by atoms with Crippen molar-refractivity contribution in [1.29, 1.82) is 0 Å². The van der Waals surface area contributed by atoms with Crippen molar-refractivity contribution in [1.82, 2.24) is 19.6 Å². The summed E-state index contributed by atoms with van der Waals surface area (Å²) in [5.74, 6) is 0. The third-order valence-corrected chi connectivity index (χ3v) is 5.00. The van der Waals surface area contributed by atoms with Crippen LogP contribution in [0.1, 0.15) is 5.69 Å². The summed E-state index contributed by atoms with van der Waals surface area (Å²) in [5.41, 5.74) is 7.13. The highest BCUT2D eigenvalue weighted by Gasteiger charge is 2.24.